The minimum Gasteiger partial charge on any atom is -0.310 e. The molecule has 2 rings (SSSR count). The molecule has 0 aromatic heterocycles. The summed E-state index contributed by atoms with van der Waals surface area (Å²) in [5.74, 6) is 1.03. The van der Waals surface area contributed by atoms with Gasteiger partial charge < -0.3 is 5.32 Å². The van der Waals surface area contributed by atoms with E-state index in [1.165, 1.54) is 36.1 Å². The fourth-order valence-corrected chi connectivity index (χ4v) is 3.04. The normalized spacial score (nSPS) is 17.1. The Bertz CT molecular complexity index is 347. The van der Waals surface area contributed by atoms with Gasteiger partial charge in [-0.3, -0.25) is 0 Å². The fourth-order valence-electron chi connectivity index (χ4n) is 2.38. The van der Waals surface area contributed by atoms with Crippen LogP contribution in [0.25, 0.3) is 0 Å². The highest BCUT2D eigenvalue weighted by Gasteiger charge is 2.23. The summed E-state index contributed by atoms with van der Waals surface area (Å²) in [6.07, 6.45) is 7.77. The molecule has 0 saturated heterocycles. The predicted molar refractivity (Wildman–Crippen MR) is 76.6 cm³/mol. The van der Waals surface area contributed by atoms with E-state index >= 15 is 0 Å². The summed E-state index contributed by atoms with van der Waals surface area (Å²) in [5, 5.41) is 3.64. The molecule has 17 heavy (non-hydrogen) atoms. The molecule has 0 amide bonds. The van der Waals surface area contributed by atoms with E-state index < -0.39 is 0 Å². The van der Waals surface area contributed by atoms with Gasteiger partial charge in [0.1, 0.15) is 0 Å². The molecule has 0 aliphatic heterocycles. The highest BCUT2D eigenvalue weighted by molar-refractivity contribution is 7.98. The molecule has 0 heterocycles. The van der Waals surface area contributed by atoms with E-state index in [1.54, 1.807) is 0 Å². The summed E-state index contributed by atoms with van der Waals surface area (Å²) in [6, 6.07) is 9.37. The van der Waals surface area contributed by atoms with Crippen LogP contribution in [0.3, 0.4) is 0 Å². The fraction of sp³-hybridized carbons (Fsp3) is 0.600. The number of hydrogen-bond donors (Lipinski definition) is 1. The van der Waals surface area contributed by atoms with Crippen molar-refractivity contribution in [3.8, 4) is 0 Å². The maximum Gasteiger partial charge on any atom is 0.0331 e. The molecule has 2 heteroatoms. The van der Waals surface area contributed by atoms with Gasteiger partial charge >= 0.3 is 0 Å². The van der Waals surface area contributed by atoms with Gasteiger partial charge in [-0.25, -0.2) is 0 Å². The van der Waals surface area contributed by atoms with E-state index in [0.29, 0.717) is 6.04 Å². The molecule has 0 bridgehead atoms. The van der Waals surface area contributed by atoms with E-state index in [0.717, 1.165) is 12.5 Å². The Morgan fingerprint density at radius 3 is 2.76 bits per heavy atom. The molecule has 1 aliphatic carbocycles. The van der Waals surface area contributed by atoms with Crippen LogP contribution < -0.4 is 5.32 Å². The lowest BCUT2D eigenvalue weighted by atomic mass is 10.0. The molecule has 1 N–H and O–H groups in total. The summed E-state index contributed by atoms with van der Waals surface area (Å²) in [4.78, 5) is 1.43. The van der Waals surface area contributed by atoms with Crippen molar-refractivity contribution in [2.75, 3.05) is 12.8 Å². The van der Waals surface area contributed by atoms with Crippen molar-refractivity contribution in [3.05, 3.63) is 29.8 Å². The van der Waals surface area contributed by atoms with Gasteiger partial charge in [0.25, 0.3) is 0 Å². The first-order chi connectivity index (χ1) is 8.35. The van der Waals surface area contributed by atoms with Crippen molar-refractivity contribution in [3.63, 3.8) is 0 Å². The van der Waals surface area contributed by atoms with Crippen molar-refractivity contribution in [2.45, 2.75) is 43.5 Å². The summed E-state index contributed by atoms with van der Waals surface area (Å²) >= 11 is 1.86. The van der Waals surface area contributed by atoms with Crippen LogP contribution >= 0.6 is 11.8 Å². The van der Waals surface area contributed by atoms with Crippen LogP contribution in [0, 0.1) is 5.92 Å². The number of thioether (sulfide) groups is 1. The Morgan fingerprint density at radius 1 is 1.35 bits per heavy atom. The van der Waals surface area contributed by atoms with Gasteiger partial charge in [-0.1, -0.05) is 38.0 Å². The van der Waals surface area contributed by atoms with Crippen molar-refractivity contribution in [1.82, 2.24) is 5.32 Å². The first-order valence-corrected chi connectivity index (χ1v) is 7.94. The summed E-state index contributed by atoms with van der Waals surface area (Å²) < 4.78 is 0. The topological polar surface area (TPSA) is 12.0 Å². The lowest BCUT2D eigenvalue weighted by Gasteiger charge is -2.20. The van der Waals surface area contributed by atoms with Crippen LogP contribution in [0.1, 0.15) is 44.2 Å². The molecule has 1 unspecified atom stereocenters. The predicted octanol–water partition coefficient (Wildman–Crippen LogP) is 4.25. The van der Waals surface area contributed by atoms with Gasteiger partial charge in [0.2, 0.25) is 0 Å². The van der Waals surface area contributed by atoms with E-state index in [9.17, 15) is 0 Å². The minimum absolute atomic E-state index is 0.546. The molecule has 1 aliphatic rings. The third-order valence-electron chi connectivity index (χ3n) is 3.53. The molecule has 1 nitrogen and oxygen atoms in total. The summed E-state index contributed by atoms with van der Waals surface area (Å²) in [6.45, 7) is 3.25. The van der Waals surface area contributed by atoms with Gasteiger partial charge in [0, 0.05) is 10.9 Å². The zero-order valence-corrected chi connectivity index (χ0v) is 11.7. The van der Waals surface area contributed by atoms with Crippen LogP contribution in [-0.4, -0.2) is 12.8 Å². The molecule has 1 saturated carbocycles. The maximum absolute atomic E-state index is 3.64. The minimum atomic E-state index is 0.546. The molecule has 1 aromatic carbocycles. The Balaban J connectivity index is 2.05. The number of nitrogens with one attached hydrogen (secondary N) is 1. The largest absolute Gasteiger partial charge is 0.310 e. The standard InChI is InChI=1S/C15H23NS/c1-3-16-14(11-10-12-8-9-12)13-6-4-5-7-15(13)17-2/h4-7,12,14,16H,3,8-11H2,1-2H3. The molecule has 94 valence electrons. The molecule has 1 aromatic rings. The van der Waals surface area contributed by atoms with Gasteiger partial charge in [-0.2, -0.15) is 0 Å². The molecule has 1 atom stereocenters. The van der Waals surface area contributed by atoms with E-state index in [2.05, 4.69) is 42.8 Å². The van der Waals surface area contributed by atoms with Crippen molar-refractivity contribution in [1.29, 1.82) is 0 Å². The molecule has 0 radical (unpaired) electrons. The Labute approximate surface area is 109 Å². The second-order valence-corrected chi connectivity index (χ2v) is 5.72. The summed E-state index contributed by atoms with van der Waals surface area (Å²) in [5.41, 5.74) is 1.49. The van der Waals surface area contributed by atoms with E-state index in [4.69, 9.17) is 0 Å². The van der Waals surface area contributed by atoms with Gasteiger partial charge in [-0.15, -0.1) is 11.8 Å². The monoisotopic (exact) mass is 249 g/mol. The quantitative estimate of drug-likeness (QED) is 0.725. The van der Waals surface area contributed by atoms with Crippen LogP contribution in [0.4, 0.5) is 0 Å². The first-order valence-electron chi connectivity index (χ1n) is 6.71. The Morgan fingerprint density at radius 2 is 2.12 bits per heavy atom. The van der Waals surface area contributed by atoms with E-state index in [-0.39, 0.29) is 0 Å². The Kier molecular flexibility index (Phi) is 4.93. The number of benzene rings is 1. The average Bonchev–Trinajstić information content (AvgIpc) is 3.18. The number of hydrogen-bond acceptors (Lipinski definition) is 2. The van der Waals surface area contributed by atoms with Gasteiger partial charge in [0.15, 0.2) is 0 Å². The lowest BCUT2D eigenvalue weighted by molar-refractivity contribution is 0.476. The second kappa shape index (κ2) is 6.46. The molecular weight excluding hydrogens is 226 g/mol. The Hall–Kier alpha value is -0.470. The smallest absolute Gasteiger partial charge is 0.0331 e. The third kappa shape index (κ3) is 3.75. The maximum atomic E-state index is 3.64. The van der Waals surface area contributed by atoms with Crippen LogP contribution in [-0.2, 0) is 0 Å². The molecular formula is C15H23NS. The van der Waals surface area contributed by atoms with E-state index in [1.807, 2.05) is 11.8 Å². The molecule has 1 fully saturated rings. The second-order valence-electron chi connectivity index (χ2n) is 4.87. The van der Waals surface area contributed by atoms with Crippen molar-refractivity contribution in [2.24, 2.45) is 5.92 Å². The number of rotatable bonds is 7. The highest BCUT2D eigenvalue weighted by Crippen LogP contribution is 2.37. The molecule has 0 spiro atoms. The summed E-state index contributed by atoms with van der Waals surface area (Å²) in [7, 11) is 0. The lowest BCUT2D eigenvalue weighted by Crippen LogP contribution is -2.21. The van der Waals surface area contributed by atoms with Crippen LogP contribution in [0.15, 0.2) is 29.2 Å². The van der Waals surface area contributed by atoms with Gasteiger partial charge in [0.05, 0.1) is 0 Å². The van der Waals surface area contributed by atoms with Crippen LogP contribution in [0.5, 0.6) is 0 Å². The van der Waals surface area contributed by atoms with Crippen molar-refractivity contribution < 1.29 is 0 Å². The zero-order chi connectivity index (χ0) is 12.1. The first kappa shape index (κ1) is 13.0. The zero-order valence-electron chi connectivity index (χ0n) is 10.9. The van der Waals surface area contributed by atoms with Gasteiger partial charge in [-0.05, 0) is 43.2 Å². The van der Waals surface area contributed by atoms with Crippen LogP contribution in [0.2, 0.25) is 0 Å². The SMILES string of the molecule is CCNC(CCC1CC1)c1ccccc1SC. The average molecular weight is 249 g/mol. The highest BCUT2D eigenvalue weighted by atomic mass is 32.2. The van der Waals surface area contributed by atoms with Crippen molar-refractivity contribution >= 4 is 11.8 Å². The third-order valence-corrected chi connectivity index (χ3v) is 4.34.